The Morgan fingerprint density at radius 3 is 2.52 bits per heavy atom. The lowest BCUT2D eigenvalue weighted by molar-refractivity contribution is -0.118. The molecular weight excluding hydrogens is 334 g/mol. The van der Waals surface area contributed by atoms with Crippen molar-refractivity contribution < 1.29 is 9.53 Å². The van der Waals surface area contributed by atoms with Gasteiger partial charge in [-0.2, -0.15) is 0 Å². The van der Waals surface area contributed by atoms with Crippen molar-refractivity contribution in [3.8, 4) is 5.75 Å². The smallest absolute Gasteiger partial charge is 0.262 e. The van der Waals surface area contributed by atoms with E-state index < -0.39 is 0 Å². The number of nitrogens with one attached hydrogen (secondary N) is 1. The quantitative estimate of drug-likeness (QED) is 0.726. The predicted octanol–water partition coefficient (Wildman–Crippen LogP) is 4.83. The van der Waals surface area contributed by atoms with Crippen LogP contribution in [0.5, 0.6) is 5.75 Å². The summed E-state index contributed by atoms with van der Waals surface area (Å²) in [7, 11) is 0. The fraction of sp³-hybridized carbons (Fsp3) is 0.292. The van der Waals surface area contributed by atoms with Gasteiger partial charge in [0.25, 0.3) is 5.91 Å². The zero-order valence-electron chi connectivity index (χ0n) is 15.4. The van der Waals surface area contributed by atoms with Gasteiger partial charge in [0.15, 0.2) is 6.61 Å². The van der Waals surface area contributed by atoms with Crippen LogP contribution in [0, 0.1) is 0 Å². The second kappa shape index (κ2) is 6.73. The van der Waals surface area contributed by atoms with Gasteiger partial charge in [0.1, 0.15) is 5.75 Å². The normalized spacial score (nSPS) is 14.8. The lowest BCUT2D eigenvalue weighted by Crippen LogP contribution is -2.20. The molecule has 1 amide bonds. The molecular formula is C24H23NO2. The first-order chi connectivity index (χ1) is 13.3. The first kappa shape index (κ1) is 16.4. The Morgan fingerprint density at radius 2 is 1.63 bits per heavy atom. The van der Waals surface area contributed by atoms with Crippen LogP contribution in [0.3, 0.4) is 0 Å². The molecule has 0 heterocycles. The molecule has 0 aromatic heterocycles. The summed E-state index contributed by atoms with van der Waals surface area (Å²) in [5, 5.41) is 5.48. The molecule has 2 aliphatic carbocycles. The van der Waals surface area contributed by atoms with Gasteiger partial charge < -0.3 is 10.1 Å². The third kappa shape index (κ3) is 3.08. The summed E-state index contributed by atoms with van der Waals surface area (Å²) in [6.45, 7) is 0.0295. The molecule has 0 bridgehead atoms. The predicted molar refractivity (Wildman–Crippen MR) is 109 cm³/mol. The molecule has 0 saturated carbocycles. The molecule has 0 atom stereocenters. The standard InChI is InChI=1S/C24H23NO2/c26-23(15-27-20-12-10-16-4-1-2-5-19(16)14-20)25-22-13-11-18-9-8-17-6-3-7-21(22)24(17)18/h3,6-7,10-14H,1-2,4-5,8-9,15H2,(H,25,26). The van der Waals surface area contributed by atoms with Crippen molar-refractivity contribution in [2.45, 2.75) is 38.5 Å². The summed E-state index contributed by atoms with van der Waals surface area (Å²) < 4.78 is 5.77. The van der Waals surface area contributed by atoms with Crippen LogP contribution >= 0.6 is 0 Å². The fourth-order valence-electron chi connectivity index (χ4n) is 4.49. The van der Waals surface area contributed by atoms with Crippen molar-refractivity contribution in [2.75, 3.05) is 11.9 Å². The van der Waals surface area contributed by atoms with Gasteiger partial charge in [0.2, 0.25) is 0 Å². The van der Waals surface area contributed by atoms with Crippen LogP contribution in [0.15, 0.2) is 48.5 Å². The topological polar surface area (TPSA) is 38.3 Å². The van der Waals surface area contributed by atoms with E-state index in [4.69, 9.17) is 4.74 Å². The van der Waals surface area contributed by atoms with E-state index in [0.717, 1.165) is 42.5 Å². The zero-order valence-corrected chi connectivity index (χ0v) is 15.4. The van der Waals surface area contributed by atoms with E-state index in [1.165, 1.54) is 40.5 Å². The number of carbonyl (C=O) groups excluding carboxylic acids is 1. The molecule has 27 heavy (non-hydrogen) atoms. The first-order valence-electron chi connectivity index (χ1n) is 9.86. The van der Waals surface area contributed by atoms with E-state index in [0.29, 0.717) is 0 Å². The third-order valence-electron chi connectivity index (χ3n) is 5.84. The second-order valence-corrected chi connectivity index (χ2v) is 7.59. The average Bonchev–Trinajstić information content (AvgIpc) is 3.13. The number of ether oxygens (including phenoxy) is 1. The van der Waals surface area contributed by atoms with Gasteiger partial charge in [0.05, 0.1) is 0 Å². The molecule has 3 heteroatoms. The Morgan fingerprint density at radius 1 is 0.852 bits per heavy atom. The van der Waals surface area contributed by atoms with Crippen molar-refractivity contribution in [3.63, 3.8) is 0 Å². The maximum Gasteiger partial charge on any atom is 0.262 e. The number of rotatable bonds is 4. The van der Waals surface area contributed by atoms with E-state index >= 15 is 0 Å². The molecule has 2 aliphatic rings. The Kier molecular flexibility index (Phi) is 4.08. The molecule has 0 unspecified atom stereocenters. The van der Waals surface area contributed by atoms with E-state index in [1.54, 1.807) is 0 Å². The molecule has 3 nitrogen and oxygen atoms in total. The largest absolute Gasteiger partial charge is 0.484 e. The second-order valence-electron chi connectivity index (χ2n) is 7.59. The lowest BCUT2D eigenvalue weighted by Gasteiger charge is -2.17. The highest BCUT2D eigenvalue weighted by Gasteiger charge is 2.17. The summed E-state index contributed by atoms with van der Waals surface area (Å²) in [6, 6.07) is 16.7. The minimum atomic E-state index is -0.119. The third-order valence-corrected chi connectivity index (χ3v) is 5.84. The average molecular weight is 357 g/mol. The molecule has 136 valence electrons. The highest BCUT2D eigenvalue weighted by molar-refractivity contribution is 6.05. The molecule has 0 saturated heterocycles. The number of hydrogen-bond acceptors (Lipinski definition) is 2. The van der Waals surface area contributed by atoms with E-state index in [-0.39, 0.29) is 12.5 Å². The SMILES string of the molecule is O=C(COc1ccc2c(c1)CCCC2)Nc1ccc2c3c(cccc13)CC2. The Hall–Kier alpha value is -2.81. The fourth-order valence-corrected chi connectivity index (χ4v) is 4.49. The van der Waals surface area contributed by atoms with Gasteiger partial charge in [-0.25, -0.2) is 0 Å². The van der Waals surface area contributed by atoms with Crippen LogP contribution in [-0.2, 0) is 30.5 Å². The summed E-state index contributed by atoms with van der Waals surface area (Å²) >= 11 is 0. The molecule has 0 fully saturated rings. The number of anilines is 1. The summed E-state index contributed by atoms with van der Waals surface area (Å²) in [4.78, 5) is 12.5. The number of fused-ring (bicyclic) bond motifs is 1. The Balaban J connectivity index is 1.30. The number of amides is 1. The number of aryl methyl sites for hydroxylation is 4. The maximum atomic E-state index is 12.5. The number of carbonyl (C=O) groups is 1. The highest BCUT2D eigenvalue weighted by Crippen LogP contribution is 2.35. The Bertz CT molecular complexity index is 1030. The molecule has 3 aromatic carbocycles. The molecule has 1 N–H and O–H groups in total. The van der Waals surface area contributed by atoms with Crippen molar-refractivity contribution in [2.24, 2.45) is 0 Å². The molecule has 0 aliphatic heterocycles. The van der Waals surface area contributed by atoms with Gasteiger partial charge in [-0.3, -0.25) is 4.79 Å². The number of hydrogen-bond donors (Lipinski definition) is 1. The summed E-state index contributed by atoms with van der Waals surface area (Å²) in [5.41, 5.74) is 6.42. The molecule has 3 aromatic rings. The Labute approximate surface area is 159 Å². The lowest BCUT2D eigenvalue weighted by atomic mass is 9.92. The number of benzene rings is 3. The summed E-state index contributed by atoms with van der Waals surface area (Å²) in [6.07, 6.45) is 6.95. The van der Waals surface area contributed by atoms with Gasteiger partial charge >= 0.3 is 0 Å². The minimum Gasteiger partial charge on any atom is -0.484 e. The van der Waals surface area contributed by atoms with Crippen LogP contribution in [-0.4, -0.2) is 12.5 Å². The van der Waals surface area contributed by atoms with Gasteiger partial charge in [-0.1, -0.05) is 30.3 Å². The van der Waals surface area contributed by atoms with Gasteiger partial charge in [-0.05, 0) is 84.4 Å². The van der Waals surface area contributed by atoms with Gasteiger partial charge in [0, 0.05) is 11.1 Å². The molecule has 0 spiro atoms. The van der Waals surface area contributed by atoms with Crippen molar-refractivity contribution in [1.82, 2.24) is 0 Å². The summed E-state index contributed by atoms with van der Waals surface area (Å²) in [5.74, 6) is 0.664. The van der Waals surface area contributed by atoms with Crippen LogP contribution in [0.4, 0.5) is 5.69 Å². The highest BCUT2D eigenvalue weighted by atomic mass is 16.5. The maximum absolute atomic E-state index is 12.5. The van der Waals surface area contributed by atoms with Crippen LogP contribution < -0.4 is 10.1 Å². The van der Waals surface area contributed by atoms with E-state index in [9.17, 15) is 4.79 Å². The van der Waals surface area contributed by atoms with E-state index in [1.807, 2.05) is 12.1 Å². The van der Waals surface area contributed by atoms with Crippen molar-refractivity contribution in [3.05, 3.63) is 70.8 Å². The molecule has 0 radical (unpaired) electrons. The first-order valence-corrected chi connectivity index (χ1v) is 9.86. The monoisotopic (exact) mass is 357 g/mol. The van der Waals surface area contributed by atoms with Crippen molar-refractivity contribution in [1.29, 1.82) is 0 Å². The van der Waals surface area contributed by atoms with Crippen LogP contribution in [0.1, 0.15) is 35.1 Å². The zero-order chi connectivity index (χ0) is 18.2. The van der Waals surface area contributed by atoms with Crippen LogP contribution in [0.25, 0.3) is 10.8 Å². The van der Waals surface area contributed by atoms with Crippen molar-refractivity contribution >= 4 is 22.4 Å². The minimum absolute atomic E-state index is 0.0295. The van der Waals surface area contributed by atoms with E-state index in [2.05, 4.69) is 41.7 Å². The van der Waals surface area contributed by atoms with Crippen LogP contribution in [0.2, 0.25) is 0 Å². The molecule has 5 rings (SSSR count). The van der Waals surface area contributed by atoms with Gasteiger partial charge in [-0.15, -0.1) is 0 Å².